The average molecular weight is 290 g/mol. The van der Waals surface area contributed by atoms with Crippen molar-refractivity contribution in [2.75, 3.05) is 17.7 Å². The fourth-order valence-electron chi connectivity index (χ4n) is 1.94. The van der Waals surface area contributed by atoms with Gasteiger partial charge in [0, 0.05) is 35.6 Å². The van der Waals surface area contributed by atoms with Crippen molar-refractivity contribution in [2.45, 2.75) is 6.54 Å². The highest BCUT2D eigenvalue weighted by Crippen LogP contribution is 2.23. The first-order valence-corrected chi connectivity index (χ1v) is 6.50. The first kappa shape index (κ1) is 14.2. The lowest BCUT2D eigenvalue weighted by Gasteiger charge is -2.20. The molecule has 2 rings (SSSR count). The van der Waals surface area contributed by atoms with Crippen molar-refractivity contribution in [3.8, 4) is 0 Å². The number of primary amides is 1. The zero-order valence-corrected chi connectivity index (χ0v) is 11.9. The number of anilines is 2. The Morgan fingerprint density at radius 1 is 1.25 bits per heavy atom. The number of rotatable bonds is 4. The predicted molar refractivity (Wildman–Crippen MR) is 82.9 cm³/mol. The van der Waals surface area contributed by atoms with E-state index < -0.39 is 5.91 Å². The van der Waals surface area contributed by atoms with Gasteiger partial charge in [-0.15, -0.1) is 0 Å². The molecule has 0 aliphatic carbocycles. The van der Waals surface area contributed by atoms with Crippen LogP contribution in [0.5, 0.6) is 0 Å². The molecule has 4 N–H and O–H groups in total. The molecular weight excluding hydrogens is 274 g/mol. The molecule has 0 aliphatic rings. The van der Waals surface area contributed by atoms with E-state index in [1.807, 2.05) is 42.3 Å². The van der Waals surface area contributed by atoms with Crippen molar-refractivity contribution in [3.05, 3.63) is 58.6 Å². The molecule has 1 amide bonds. The molecule has 20 heavy (non-hydrogen) atoms. The molecule has 0 bridgehead atoms. The maximum absolute atomic E-state index is 11.1. The van der Waals surface area contributed by atoms with Gasteiger partial charge in [-0.3, -0.25) is 4.79 Å². The van der Waals surface area contributed by atoms with Gasteiger partial charge in [0.2, 0.25) is 5.91 Å². The van der Waals surface area contributed by atoms with Crippen LogP contribution < -0.4 is 16.4 Å². The van der Waals surface area contributed by atoms with Crippen LogP contribution >= 0.6 is 11.6 Å². The van der Waals surface area contributed by atoms with Crippen LogP contribution in [-0.2, 0) is 6.54 Å². The van der Waals surface area contributed by atoms with Gasteiger partial charge in [-0.05, 0) is 35.9 Å². The summed E-state index contributed by atoms with van der Waals surface area (Å²) in [6.07, 6.45) is 0. The molecule has 4 nitrogen and oxygen atoms in total. The minimum atomic E-state index is -0.484. The summed E-state index contributed by atoms with van der Waals surface area (Å²) in [4.78, 5) is 13.1. The lowest BCUT2D eigenvalue weighted by atomic mass is 10.1. The summed E-state index contributed by atoms with van der Waals surface area (Å²) in [5.41, 5.74) is 14.0. The normalized spacial score (nSPS) is 10.3. The second-order valence-corrected chi connectivity index (χ2v) is 5.03. The van der Waals surface area contributed by atoms with Gasteiger partial charge in [0.05, 0.1) is 0 Å². The first-order valence-electron chi connectivity index (χ1n) is 6.12. The van der Waals surface area contributed by atoms with Crippen LogP contribution in [0.15, 0.2) is 42.5 Å². The zero-order valence-electron chi connectivity index (χ0n) is 11.1. The molecule has 2 aromatic rings. The second kappa shape index (κ2) is 5.84. The van der Waals surface area contributed by atoms with E-state index in [0.29, 0.717) is 22.8 Å². The van der Waals surface area contributed by atoms with Crippen LogP contribution in [0.2, 0.25) is 5.02 Å². The summed E-state index contributed by atoms with van der Waals surface area (Å²) < 4.78 is 0. The SMILES string of the molecule is CN(Cc1ccc(C(N)=O)cc1Cl)c1cccc(N)c1. The van der Waals surface area contributed by atoms with Crippen LogP contribution in [0, 0.1) is 0 Å². The third-order valence-electron chi connectivity index (χ3n) is 3.06. The van der Waals surface area contributed by atoms with Crippen LogP contribution in [0.25, 0.3) is 0 Å². The van der Waals surface area contributed by atoms with Gasteiger partial charge >= 0.3 is 0 Å². The summed E-state index contributed by atoms with van der Waals surface area (Å²) in [6.45, 7) is 0.612. The third kappa shape index (κ3) is 3.22. The number of halogens is 1. The van der Waals surface area contributed by atoms with Crippen LogP contribution in [0.3, 0.4) is 0 Å². The fourth-order valence-corrected chi connectivity index (χ4v) is 2.18. The van der Waals surface area contributed by atoms with E-state index in [2.05, 4.69) is 0 Å². The summed E-state index contributed by atoms with van der Waals surface area (Å²) in [5.74, 6) is -0.484. The van der Waals surface area contributed by atoms with Crippen LogP contribution in [0.1, 0.15) is 15.9 Å². The minimum absolute atomic E-state index is 0.408. The molecule has 5 heteroatoms. The Morgan fingerprint density at radius 2 is 2.00 bits per heavy atom. The first-order chi connectivity index (χ1) is 9.47. The molecule has 0 spiro atoms. The maximum Gasteiger partial charge on any atom is 0.248 e. The molecule has 0 unspecified atom stereocenters. The largest absolute Gasteiger partial charge is 0.399 e. The third-order valence-corrected chi connectivity index (χ3v) is 3.41. The lowest BCUT2D eigenvalue weighted by Crippen LogP contribution is -2.17. The molecule has 0 fully saturated rings. The van der Waals surface area contributed by atoms with E-state index in [-0.39, 0.29) is 0 Å². The molecule has 104 valence electrons. The van der Waals surface area contributed by atoms with Crippen molar-refractivity contribution >= 4 is 28.9 Å². The van der Waals surface area contributed by atoms with Gasteiger partial charge in [0.1, 0.15) is 0 Å². The van der Waals surface area contributed by atoms with Crippen molar-refractivity contribution < 1.29 is 4.79 Å². The lowest BCUT2D eigenvalue weighted by molar-refractivity contribution is 0.100. The number of carbonyl (C=O) groups excluding carboxylic acids is 1. The molecule has 0 aromatic heterocycles. The average Bonchev–Trinajstić information content (AvgIpc) is 2.40. The number of amides is 1. The van der Waals surface area contributed by atoms with Gasteiger partial charge in [-0.2, -0.15) is 0 Å². The number of hydrogen-bond acceptors (Lipinski definition) is 3. The molecule has 0 aliphatic heterocycles. The van der Waals surface area contributed by atoms with Gasteiger partial charge in [0.25, 0.3) is 0 Å². The monoisotopic (exact) mass is 289 g/mol. The quantitative estimate of drug-likeness (QED) is 0.850. The standard InChI is InChI=1S/C15H16ClN3O/c1-19(13-4-2-3-12(17)8-13)9-11-6-5-10(15(18)20)7-14(11)16/h2-8H,9,17H2,1H3,(H2,18,20). The number of hydrogen-bond donors (Lipinski definition) is 2. The van der Waals surface area contributed by atoms with Crippen LogP contribution in [-0.4, -0.2) is 13.0 Å². The van der Waals surface area contributed by atoms with E-state index in [1.54, 1.807) is 12.1 Å². The topological polar surface area (TPSA) is 72.3 Å². The number of nitrogens with two attached hydrogens (primary N) is 2. The van der Waals surface area contributed by atoms with Gasteiger partial charge < -0.3 is 16.4 Å². The molecule has 0 radical (unpaired) electrons. The highest BCUT2D eigenvalue weighted by atomic mass is 35.5. The molecule has 0 saturated heterocycles. The highest BCUT2D eigenvalue weighted by molar-refractivity contribution is 6.31. The predicted octanol–water partition coefficient (Wildman–Crippen LogP) is 2.66. The van der Waals surface area contributed by atoms with Crippen molar-refractivity contribution in [1.29, 1.82) is 0 Å². The Labute approximate surface area is 122 Å². The maximum atomic E-state index is 11.1. The second-order valence-electron chi connectivity index (χ2n) is 4.62. The van der Waals surface area contributed by atoms with E-state index in [4.69, 9.17) is 23.1 Å². The number of nitrogens with zero attached hydrogens (tertiary/aromatic N) is 1. The Balaban J connectivity index is 2.19. The summed E-state index contributed by atoms with van der Waals surface area (Å²) in [5, 5.41) is 0.525. The van der Waals surface area contributed by atoms with Crippen molar-refractivity contribution in [2.24, 2.45) is 5.73 Å². The fraction of sp³-hybridized carbons (Fsp3) is 0.133. The van der Waals surface area contributed by atoms with Gasteiger partial charge in [0.15, 0.2) is 0 Å². The van der Waals surface area contributed by atoms with E-state index in [9.17, 15) is 4.79 Å². The molecule has 0 saturated carbocycles. The Kier molecular flexibility index (Phi) is 4.15. The van der Waals surface area contributed by atoms with E-state index in [0.717, 1.165) is 11.3 Å². The Morgan fingerprint density at radius 3 is 2.60 bits per heavy atom. The smallest absolute Gasteiger partial charge is 0.248 e. The Hall–Kier alpha value is -2.20. The van der Waals surface area contributed by atoms with Gasteiger partial charge in [-0.1, -0.05) is 23.7 Å². The van der Waals surface area contributed by atoms with Gasteiger partial charge in [-0.25, -0.2) is 0 Å². The molecule has 0 atom stereocenters. The number of carbonyl (C=O) groups is 1. The minimum Gasteiger partial charge on any atom is -0.399 e. The van der Waals surface area contributed by atoms with Crippen molar-refractivity contribution in [1.82, 2.24) is 0 Å². The van der Waals surface area contributed by atoms with E-state index >= 15 is 0 Å². The summed E-state index contributed by atoms with van der Waals surface area (Å²) in [6, 6.07) is 12.7. The molecular formula is C15H16ClN3O. The summed E-state index contributed by atoms with van der Waals surface area (Å²) in [7, 11) is 1.95. The molecule has 0 heterocycles. The van der Waals surface area contributed by atoms with E-state index in [1.165, 1.54) is 0 Å². The summed E-state index contributed by atoms with van der Waals surface area (Å²) >= 11 is 6.18. The zero-order chi connectivity index (χ0) is 14.7. The molecule has 2 aromatic carbocycles. The Bertz CT molecular complexity index is 643. The number of nitrogen functional groups attached to an aromatic ring is 1. The van der Waals surface area contributed by atoms with Crippen LogP contribution in [0.4, 0.5) is 11.4 Å². The van der Waals surface area contributed by atoms with Crippen molar-refractivity contribution in [3.63, 3.8) is 0 Å². The number of benzene rings is 2. The highest BCUT2D eigenvalue weighted by Gasteiger charge is 2.08.